The number of likely N-dealkylation sites (tertiary alicyclic amines) is 1. The van der Waals surface area contributed by atoms with E-state index in [2.05, 4.69) is 15.2 Å². The minimum Gasteiger partial charge on any atom is -0.338 e. The Morgan fingerprint density at radius 1 is 1.06 bits per heavy atom. The normalized spacial score (nSPS) is 16.4. The Labute approximate surface area is 177 Å². The predicted molar refractivity (Wildman–Crippen MR) is 114 cm³/mol. The molecule has 4 aromatic rings. The number of nitrogens with zero attached hydrogens (tertiary/aromatic N) is 3. The summed E-state index contributed by atoms with van der Waals surface area (Å²) in [4.78, 5) is 17.6. The van der Waals surface area contributed by atoms with Crippen molar-refractivity contribution >= 4 is 17.4 Å². The first-order chi connectivity index (χ1) is 15.2. The molecule has 1 atom stereocenters. The van der Waals surface area contributed by atoms with Gasteiger partial charge in [0, 0.05) is 23.2 Å². The van der Waals surface area contributed by atoms with Crippen LogP contribution in [0.25, 0.3) is 33.5 Å². The maximum Gasteiger partial charge on any atom is 0.264 e. The van der Waals surface area contributed by atoms with E-state index in [-0.39, 0.29) is 17.3 Å². The topological polar surface area (TPSA) is 61.9 Å². The molecule has 0 spiro atoms. The molecular formula is C24H20F2N4O. The summed E-state index contributed by atoms with van der Waals surface area (Å²) in [6, 6.07) is 18.4. The van der Waals surface area contributed by atoms with Crippen LogP contribution in [0.15, 0.2) is 60.7 Å². The lowest BCUT2D eigenvalue weighted by atomic mass is 9.99. The van der Waals surface area contributed by atoms with Gasteiger partial charge in [0.05, 0.1) is 22.8 Å². The summed E-state index contributed by atoms with van der Waals surface area (Å²) in [5.74, 6) is 0. The van der Waals surface area contributed by atoms with E-state index in [4.69, 9.17) is 0 Å². The van der Waals surface area contributed by atoms with Crippen LogP contribution in [-0.4, -0.2) is 33.0 Å². The lowest BCUT2D eigenvalue weighted by Gasteiger charge is -2.20. The number of H-pyrrole nitrogens is 1. The van der Waals surface area contributed by atoms with E-state index in [1.807, 2.05) is 54.6 Å². The van der Waals surface area contributed by atoms with Gasteiger partial charge >= 0.3 is 0 Å². The third-order valence-corrected chi connectivity index (χ3v) is 5.87. The van der Waals surface area contributed by atoms with Crippen LogP contribution in [0.2, 0.25) is 0 Å². The number of rotatable bonds is 5. The molecule has 7 heteroatoms. The molecule has 1 aliphatic rings. The standard InChI is InChI=1S/C24H20F2N4O/c25-23(26)18-13-19(15-8-10-16(11-9-15)20-7-4-12-30(20)14-31)27-24-21(18)22(28-29-24)17-5-2-1-3-6-17/h1-3,5-6,8-11,13-14,20,23H,4,7,12H2,(H,27,28,29). The van der Waals surface area contributed by atoms with Crippen LogP contribution in [-0.2, 0) is 4.79 Å². The first-order valence-electron chi connectivity index (χ1n) is 10.2. The van der Waals surface area contributed by atoms with Gasteiger partial charge in [0.1, 0.15) is 0 Å². The van der Waals surface area contributed by atoms with Crippen LogP contribution in [0.3, 0.4) is 0 Å². The number of aromatic amines is 1. The minimum atomic E-state index is -2.66. The molecule has 0 aliphatic carbocycles. The summed E-state index contributed by atoms with van der Waals surface area (Å²) < 4.78 is 28.0. The maximum absolute atomic E-state index is 14.0. The van der Waals surface area contributed by atoms with Crippen molar-refractivity contribution in [3.05, 3.63) is 71.8 Å². The highest BCUT2D eigenvalue weighted by molar-refractivity contribution is 5.95. The molecule has 1 N–H and O–H groups in total. The SMILES string of the molecule is O=CN1CCCC1c1ccc(-c2cc(C(F)F)c3c(-c4ccccc4)[nH]nc3n2)cc1. The van der Waals surface area contributed by atoms with Gasteiger partial charge in [-0.15, -0.1) is 0 Å². The lowest BCUT2D eigenvalue weighted by molar-refractivity contribution is -0.118. The van der Waals surface area contributed by atoms with Gasteiger partial charge in [-0.25, -0.2) is 13.8 Å². The fourth-order valence-electron chi connectivity index (χ4n) is 4.34. The summed E-state index contributed by atoms with van der Waals surface area (Å²) in [6.45, 7) is 0.759. The molecule has 1 unspecified atom stereocenters. The van der Waals surface area contributed by atoms with E-state index in [0.29, 0.717) is 16.8 Å². The summed E-state index contributed by atoms with van der Waals surface area (Å²) in [5, 5.41) is 7.43. The average Bonchev–Trinajstić information content (AvgIpc) is 3.46. The second kappa shape index (κ2) is 7.91. The van der Waals surface area contributed by atoms with E-state index < -0.39 is 6.43 Å². The zero-order valence-electron chi connectivity index (χ0n) is 16.6. The van der Waals surface area contributed by atoms with Crippen LogP contribution >= 0.6 is 0 Å². The van der Waals surface area contributed by atoms with Crippen molar-refractivity contribution < 1.29 is 13.6 Å². The van der Waals surface area contributed by atoms with Crippen LogP contribution in [0, 0.1) is 0 Å². The number of fused-ring (bicyclic) bond motifs is 1. The predicted octanol–water partition coefficient (Wildman–Crippen LogP) is 5.52. The van der Waals surface area contributed by atoms with E-state index in [9.17, 15) is 13.6 Å². The van der Waals surface area contributed by atoms with Gasteiger partial charge in [-0.2, -0.15) is 5.10 Å². The summed E-state index contributed by atoms with van der Waals surface area (Å²) >= 11 is 0. The number of pyridine rings is 1. The third-order valence-electron chi connectivity index (χ3n) is 5.87. The molecule has 156 valence electrons. The summed E-state index contributed by atoms with van der Waals surface area (Å²) in [7, 11) is 0. The number of hydrogen-bond donors (Lipinski definition) is 1. The largest absolute Gasteiger partial charge is 0.338 e. The number of amides is 1. The maximum atomic E-state index is 14.0. The van der Waals surface area contributed by atoms with Crippen molar-refractivity contribution in [2.45, 2.75) is 25.3 Å². The van der Waals surface area contributed by atoms with E-state index >= 15 is 0 Å². The molecule has 1 saturated heterocycles. The molecular weight excluding hydrogens is 398 g/mol. The summed E-state index contributed by atoms with van der Waals surface area (Å²) in [6.07, 6.45) is 0.123. The third kappa shape index (κ3) is 3.46. The van der Waals surface area contributed by atoms with Crippen LogP contribution < -0.4 is 0 Å². The van der Waals surface area contributed by atoms with E-state index in [1.54, 1.807) is 4.90 Å². The van der Waals surface area contributed by atoms with Gasteiger partial charge in [-0.1, -0.05) is 54.6 Å². The van der Waals surface area contributed by atoms with Gasteiger partial charge < -0.3 is 4.90 Å². The van der Waals surface area contributed by atoms with Gasteiger partial charge in [-0.05, 0) is 24.5 Å². The minimum absolute atomic E-state index is 0.0679. The fourth-order valence-corrected chi connectivity index (χ4v) is 4.34. The lowest BCUT2D eigenvalue weighted by Crippen LogP contribution is -2.20. The highest BCUT2D eigenvalue weighted by Gasteiger charge is 2.25. The van der Waals surface area contributed by atoms with E-state index in [0.717, 1.165) is 42.5 Å². The fraction of sp³-hybridized carbons (Fsp3) is 0.208. The number of benzene rings is 2. The highest BCUT2D eigenvalue weighted by atomic mass is 19.3. The molecule has 1 aliphatic heterocycles. The number of carbonyl (C=O) groups is 1. The van der Waals surface area contributed by atoms with Gasteiger partial charge in [0.25, 0.3) is 6.43 Å². The van der Waals surface area contributed by atoms with Crippen molar-refractivity contribution in [1.29, 1.82) is 0 Å². The first kappa shape index (κ1) is 19.4. The molecule has 3 heterocycles. The Balaban J connectivity index is 1.56. The van der Waals surface area contributed by atoms with Crippen molar-refractivity contribution in [3.8, 4) is 22.5 Å². The van der Waals surface area contributed by atoms with Crippen molar-refractivity contribution in [2.75, 3.05) is 6.54 Å². The molecule has 1 fully saturated rings. The zero-order chi connectivity index (χ0) is 21.4. The number of carbonyl (C=O) groups excluding carboxylic acids is 1. The first-order valence-corrected chi connectivity index (χ1v) is 10.2. The molecule has 2 aromatic heterocycles. The number of halogens is 2. The highest BCUT2D eigenvalue weighted by Crippen LogP contribution is 2.37. The molecule has 2 aromatic carbocycles. The Hall–Kier alpha value is -3.61. The van der Waals surface area contributed by atoms with Crippen molar-refractivity contribution in [3.63, 3.8) is 0 Å². The quantitative estimate of drug-likeness (QED) is 0.434. The van der Waals surface area contributed by atoms with Crippen molar-refractivity contribution in [1.82, 2.24) is 20.1 Å². The summed E-state index contributed by atoms with van der Waals surface area (Å²) in [5.41, 5.74) is 3.69. The Morgan fingerprint density at radius 2 is 1.84 bits per heavy atom. The van der Waals surface area contributed by atoms with Crippen LogP contribution in [0.4, 0.5) is 8.78 Å². The monoisotopic (exact) mass is 418 g/mol. The molecule has 5 rings (SSSR count). The number of hydrogen-bond acceptors (Lipinski definition) is 3. The molecule has 0 bridgehead atoms. The Kier molecular flexibility index (Phi) is 4.94. The number of alkyl halides is 2. The van der Waals surface area contributed by atoms with Gasteiger partial charge in [0.15, 0.2) is 5.65 Å². The number of aromatic nitrogens is 3. The van der Waals surface area contributed by atoms with Crippen LogP contribution in [0.5, 0.6) is 0 Å². The van der Waals surface area contributed by atoms with Gasteiger partial charge in [0.2, 0.25) is 6.41 Å². The molecule has 5 nitrogen and oxygen atoms in total. The van der Waals surface area contributed by atoms with E-state index in [1.165, 1.54) is 6.07 Å². The van der Waals surface area contributed by atoms with Crippen molar-refractivity contribution in [2.24, 2.45) is 0 Å². The molecule has 31 heavy (non-hydrogen) atoms. The smallest absolute Gasteiger partial charge is 0.264 e. The van der Waals surface area contributed by atoms with Crippen LogP contribution in [0.1, 0.15) is 36.4 Å². The number of nitrogens with one attached hydrogen (secondary N) is 1. The Morgan fingerprint density at radius 3 is 2.55 bits per heavy atom. The molecule has 0 radical (unpaired) electrons. The van der Waals surface area contributed by atoms with Gasteiger partial charge in [-0.3, -0.25) is 9.89 Å². The average molecular weight is 418 g/mol. The zero-order valence-corrected chi connectivity index (χ0v) is 16.6. The Bertz CT molecular complexity index is 1220. The molecule has 0 saturated carbocycles. The second-order valence-electron chi connectivity index (χ2n) is 7.68. The second-order valence-corrected chi connectivity index (χ2v) is 7.68. The molecule has 1 amide bonds.